The molecule has 2 aromatic carbocycles. The van der Waals surface area contributed by atoms with Crippen LogP contribution in [0.3, 0.4) is 0 Å². The first-order chi connectivity index (χ1) is 11.6. The van der Waals surface area contributed by atoms with Crippen LogP contribution in [0.1, 0.15) is 12.7 Å². The number of H-pyrrole nitrogens is 1. The maximum absolute atomic E-state index is 12.0. The molecule has 0 fully saturated rings. The first kappa shape index (κ1) is 16.3. The molecule has 1 heterocycles. The van der Waals surface area contributed by atoms with Gasteiger partial charge < -0.3 is 15.0 Å². The van der Waals surface area contributed by atoms with E-state index in [0.29, 0.717) is 17.2 Å². The number of ether oxygens (including phenoxy) is 1. The Bertz CT molecular complexity index is 814. The van der Waals surface area contributed by atoms with Gasteiger partial charge in [0, 0.05) is 12.5 Å². The number of hydrogen-bond acceptors (Lipinski definition) is 3. The minimum Gasteiger partial charge on any atom is -0.482 e. The SMILES string of the molecule is CC(Cc1nc2ccccc2[nH]1)NC(=O)COc1ccccc1Cl. The predicted molar refractivity (Wildman–Crippen MR) is 94.3 cm³/mol. The van der Waals surface area contributed by atoms with Crippen LogP contribution in [0.15, 0.2) is 48.5 Å². The first-order valence-corrected chi connectivity index (χ1v) is 8.10. The maximum Gasteiger partial charge on any atom is 0.258 e. The highest BCUT2D eigenvalue weighted by atomic mass is 35.5. The van der Waals surface area contributed by atoms with Crippen LogP contribution < -0.4 is 10.1 Å². The van der Waals surface area contributed by atoms with Crippen LogP contribution in [0.5, 0.6) is 5.75 Å². The summed E-state index contributed by atoms with van der Waals surface area (Å²) in [7, 11) is 0. The van der Waals surface area contributed by atoms with E-state index in [4.69, 9.17) is 16.3 Å². The topological polar surface area (TPSA) is 67.0 Å². The fourth-order valence-electron chi connectivity index (χ4n) is 2.46. The molecule has 2 N–H and O–H groups in total. The third kappa shape index (κ3) is 4.06. The van der Waals surface area contributed by atoms with Gasteiger partial charge >= 0.3 is 0 Å². The molecule has 0 aliphatic carbocycles. The number of nitrogens with one attached hydrogen (secondary N) is 2. The molecule has 1 unspecified atom stereocenters. The molecule has 24 heavy (non-hydrogen) atoms. The molecule has 0 bridgehead atoms. The van der Waals surface area contributed by atoms with E-state index in [1.807, 2.05) is 43.3 Å². The van der Waals surface area contributed by atoms with Gasteiger partial charge in [0.05, 0.1) is 16.1 Å². The summed E-state index contributed by atoms with van der Waals surface area (Å²) >= 11 is 5.99. The third-order valence-corrected chi connectivity index (χ3v) is 3.85. The van der Waals surface area contributed by atoms with Crippen LogP contribution in [0.2, 0.25) is 5.02 Å². The molecule has 0 saturated carbocycles. The number of aromatic nitrogens is 2. The van der Waals surface area contributed by atoms with E-state index in [1.54, 1.807) is 12.1 Å². The number of hydrogen-bond donors (Lipinski definition) is 2. The minimum atomic E-state index is -0.196. The highest BCUT2D eigenvalue weighted by Gasteiger charge is 2.12. The van der Waals surface area contributed by atoms with E-state index in [1.165, 1.54) is 0 Å². The zero-order valence-corrected chi connectivity index (χ0v) is 14.0. The van der Waals surface area contributed by atoms with Gasteiger partial charge in [-0.25, -0.2) is 4.98 Å². The van der Waals surface area contributed by atoms with Crippen molar-refractivity contribution < 1.29 is 9.53 Å². The summed E-state index contributed by atoms with van der Waals surface area (Å²) in [6.45, 7) is 1.86. The summed E-state index contributed by atoms with van der Waals surface area (Å²) in [6.07, 6.45) is 0.618. The van der Waals surface area contributed by atoms with Crippen molar-refractivity contribution in [3.05, 3.63) is 59.4 Å². The van der Waals surface area contributed by atoms with Crippen molar-refractivity contribution in [2.75, 3.05) is 6.61 Å². The van der Waals surface area contributed by atoms with Gasteiger partial charge in [-0.2, -0.15) is 0 Å². The fourth-order valence-corrected chi connectivity index (χ4v) is 2.66. The number of rotatable bonds is 6. The molecular formula is C18H18ClN3O2. The van der Waals surface area contributed by atoms with Gasteiger partial charge in [-0.1, -0.05) is 35.9 Å². The van der Waals surface area contributed by atoms with E-state index < -0.39 is 0 Å². The average molecular weight is 344 g/mol. The molecule has 1 amide bonds. The number of amides is 1. The number of nitrogens with zero attached hydrogens (tertiary/aromatic N) is 1. The number of carbonyl (C=O) groups is 1. The molecule has 0 spiro atoms. The summed E-state index contributed by atoms with van der Waals surface area (Å²) in [4.78, 5) is 19.8. The number of fused-ring (bicyclic) bond motifs is 1. The molecule has 124 valence electrons. The van der Waals surface area contributed by atoms with Crippen LogP contribution in [0.25, 0.3) is 11.0 Å². The van der Waals surface area contributed by atoms with Gasteiger partial charge in [0.25, 0.3) is 5.91 Å². The Hall–Kier alpha value is -2.53. The summed E-state index contributed by atoms with van der Waals surface area (Å²) < 4.78 is 5.43. The van der Waals surface area contributed by atoms with Crippen LogP contribution in [0, 0.1) is 0 Å². The van der Waals surface area contributed by atoms with E-state index in [2.05, 4.69) is 15.3 Å². The monoisotopic (exact) mass is 343 g/mol. The number of para-hydroxylation sites is 3. The van der Waals surface area contributed by atoms with Crippen molar-refractivity contribution in [1.29, 1.82) is 0 Å². The summed E-state index contributed by atoms with van der Waals surface area (Å²) in [6, 6.07) is 14.8. The van der Waals surface area contributed by atoms with Gasteiger partial charge in [0.2, 0.25) is 0 Å². The lowest BCUT2D eigenvalue weighted by Gasteiger charge is -2.13. The van der Waals surface area contributed by atoms with Gasteiger partial charge in [0.1, 0.15) is 11.6 Å². The Morgan fingerprint density at radius 1 is 1.25 bits per heavy atom. The van der Waals surface area contributed by atoms with E-state index in [-0.39, 0.29) is 18.6 Å². The number of halogens is 1. The van der Waals surface area contributed by atoms with E-state index in [9.17, 15) is 4.79 Å². The lowest BCUT2D eigenvalue weighted by atomic mass is 10.2. The molecule has 5 nitrogen and oxygen atoms in total. The second-order valence-corrected chi connectivity index (χ2v) is 6.00. The van der Waals surface area contributed by atoms with Gasteiger partial charge in [-0.05, 0) is 31.2 Å². The smallest absolute Gasteiger partial charge is 0.258 e. The lowest BCUT2D eigenvalue weighted by Crippen LogP contribution is -2.37. The Balaban J connectivity index is 1.51. The second-order valence-electron chi connectivity index (χ2n) is 5.59. The minimum absolute atomic E-state index is 0.0621. The van der Waals surface area contributed by atoms with Crippen molar-refractivity contribution >= 4 is 28.5 Å². The van der Waals surface area contributed by atoms with Crippen LogP contribution in [0.4, 0.5) is 0 Å². The number of benzene rings is 2. The second kappa shape index (κ2) is 7.36. The molecule has 3 rings (SSSR count). The highest BCUT2D eigenvalue weighted by Crippen LogP contribution is 2.22. The van der Waals surface area contributed by atoms with Crippen LogP contribution in [-0.2, 0) is 11.2 Å². The van der Waals surface area contributed by atoms with Gasteiger partial charge in [0.15, 0.2) is 6.61 Å². The fraction of sp³-hybridized carbons (Fsp3) is 0.222. The molecule has 3 aromatic rings. The maximum atomic E-state index is 12.0. The quantitative estimate of drug-likeness (QED) is 0.721. The molecule has 0 radical (unpaired) electrons. The van der Waals surface area contributed by atoms with Crippen molar-refractivity contribution in [1.82, 2.24) is 15.3 Å². The molecule has 6 heteroatoms. The molecular weight excluding hydrogens is 326 g/mol. The Morgan fingerprint density at radius 2 is 2.00 bits per heavy atom. The van der Waals surface area contributed by atoms with Crippen LogP contribution >= 0.6 is 11.6 Å². The van der Waals surface area contributed by atoms with Crippen molar-refractivity contribution in [2.45, 2.75) is 19.4 Å². The molecule has 0 saturated heterocycles. The standard InChI is InChI=1S/C18H18ClN3O2/c1-12(10-17-21-14-7-3-4-8-15(14)22-17)20-18(23)11-24-16-9-5-2-6-13(16)19/h2-9,12H,10-11H2,1H3,(H,20,23)(H,21,22). The first-order valence-electron chi connectivity index (χ1n) is 7.72. The highest BCUT2D eigenvalue weighted by molar-refractivity contribution is 6.32. The van der Waals surface area contributed by atoms with Crippen molar-refractivity contribution in [3.8, 4) is 5.75 Å². The Morgan fingerprint density at radius 3 is 2.79 bits per heavy atom. The lowest BCUT2D eigenvalue weighted by molar-refractivity contribution is -0.123. The third-order valence-electron chi connectivity index (χ3n) is 3.54. The number of imidazole rings is 1. The van der Waals surface area contributed by atoms with E-state index >= 15 is 0 Å². The normalized spacial score (nSPS) is 12.1. The molecule has 0 aliphatic heterocycles. The molecule has 1 atom stereocenters. The molecule has 1 aromatic heterocycles. The largest absolute Gasteiger partial charge is 0.482 e. The summed E-state index contributed by atoms with van der Waals surface area (Å²) in [5.41, 5.74) is 1.92. The zero-order chi connectivity index (χ0) is 16.9. The Kier molecular flexibility index (Phi) is 5.01. The van der Waals surface area contributed by atoms with Crippen molar-refractivity contribution in [2.24, 2.45) is 0 Å². The van der Waals surface area contributed by atoms with Crippen LogP contribution in [-0.4, -0.2) is 28.5 Å². The average Bonchev–Trinajstić information content (AvgIpc) is 2.96. The Labute approximate surface area is 145 Å². The van der Waals surface area contributed by atoms with Gasteiger partial charge in [-0.3, -0.25) is 4.79 Å². The number of aromatic amines is 1. The molecule has 0 aliphatic rings. The van der Waals surface area contributed by atoms with Crippen molar-refractivity contribution in [3.63, 3.8) is 0 Å². The predicted octanol–water partition coefficient (Wildman–Crippen LogP) is 3.34. The van der Waals surface area contributed by atoms with E-state index in [0.717, 1.165) is 16.9 Å². The zero-order valence-electron chi connectivity index (χ0n) is 13.3. The summed E-state index contributed by atoms with van der Waals surface area (Å²) in [5, 5.41) is 3.38. The summed E-state index contributed by atoms with van der Waals surface area (Å²) in [5.74, 6) is 1.15. The number of carbonyl (C=O) groups excluding carboxylic acids is 1. The van der Waals surface area contributed by atoms with Gasteiger partial charge in [-0.15, -0.1) is 0 Å².